The quantitative estimate of drug-likeness (QED) is 0.331. The zero-order valence-electron chi connectivity index (χ0n) is 16.2. The summed E-state index contributed by atoms with van der Waals surface area (Å²) in [6.45, 7) is -3.14. The van der Waals surface area contributed by atoms with Gasteiger partial charge in [0.25, 0.3) is 0 Å². The van der Waals surface area contributed by atoms with Gasteiger partial charge in [-0.3, -0.25) is 0 Å². The van der Waals surface area contributed by atoms with Gasteiger partial charge in [0, 0.05) is 11.6 Å². The van der Waals surface area contributed by atoms with Crippen LogP contribution >= 0.6 is 11.6 Å². The maximum Gasteiger partial charge on any atom is 0.334 e. The Morgan fingerprint density at radius 2 is 1.94 bits per heavy atom. The monoisotopic (exact) mass is 468 g/mol. The average Bonchev–Trinajstić information content (AvgIpc) is 3.25. The lowest BCUT2D eigenvalue weighted by Crippen LogP contribution is -2.05. The molecule has 0 aliphatic carbocycles. The molecule has 2 aromatic carbocycles. The number of methoxy groups -OCH3 is 1. The summed E-state index contributed by atoms with van der Waals surface area (Å²) in [4.78, 5) is 11.8. The minimum absolute atomic E-state index is 0.00594. The number of alkyl halides is 2. The van der Waals surface area contributed by atoms with Crippen molar-refractivity contribution in [2.75, 3.05) is 12.8 Å². The Morgan fingerprint density at radius 1 is 1.16 bits per heavy atom. The van der Waals surface area contributed by atoms with E-state index < -0.39 is 23.2 Å². The van der Waals surface area contributed by atoms with Crippen molar-refractivity contribution in [1.29, 1.82) is 0 Å². The van der Waals surface area contributed by atoms with E-state index in [0.717, 1.165) is 18.7 Å². The fourth-order valence-corrected chi connectivity index (χ4v) is 3.24. The summed E-state index contributed by atoms with van der Waals surface area (Å²) in [5, 5.41) is 3.10. The Balaban J connectivity index is 1.86. The van der Waals surface area contributed by atoms with Crippen molar-refractivity contribution in [2.45, 2.75) is 13.2 Å². The first kappa shape index (κ1) is 21.6. The number of hydrogen-bond acceptors (Lipinski definition) is 7. The first-order chi connectivity index (χ1) is 15.3. The Morgan fingerprint density at radius 3 is 2.62 bits per heavy atom. The number of nitrogens with zero attached hydrogens (tertiary/aromatic N) is 5. The van der Waals surface area contributed by atoms with Crippen LogP contribution in [-0.4, -0.2) is 31.8 Å². The molecule has 4 rings (SSSR count). The molecule has 2 N–H and O–H groups in total. The second kappa shape index (κ2) is 8.46. The molecule has 2 heterocycles. The van der Waals surface area contributed by atoms with Gasteiger partial charge >= 0.3 is 6.55 Å². The number of fused-ring (bicyclic) bond motifs is 1. The van der Waals surface area contributed by atoms with Crippen molar-refractivity contribution in [2.24, 2.45) is 0 Å². The van der Waals surface area contributed by atoms with Gasteiger partial charge in [0.05, 0.1) is 23.6 Å². The van der Waals surface area contributed by atoms with Crippen LogP contribution in [0, 0.1) is 11.6 Å². The topological polar surface area (TPSA) is 101 Å². The molecule has 0 aliphatic heterocycles. The zero-order chi connectivity index (χ0) is 23.0. The van der Waals surface area contributed by atoms with Gasteiger partial charge in [-0.1, -0.05) is 11.6 Å². The largest absolute Gasteiger partial charge is 0.496 e. The van der Waals surface area contributed by atoms with Crippen LogP contribution in [0.15, 0.2) is 30.9 Å². The summed E-state index contributed by atoms with van der Waals surface area (Å²) in [5.74, 6) is -1.75. The van der Waals surface area contributed by atoms with Crippen LogP contribution in [0.2, 0.25) is 5.02 Å². The van der Waals surface area contributed by atoms with Crippen molar-refractivity contribution in [3.8, 4) is 22.6 Å². The summed E-state index contributed by atoms with van der Waals surface area (Å²) >= 11 is 5.74. The third-order valence-electron chi connectivity index (χ3n) is 4.51. The van der Waals surface area contributed by atoms with Gasteiger partial charge in [-0.2, -0.15) is 13.5 Å². The zero-order valence-corrected chi connectivity index (χ0v) is 16.9. The third-order valence-corrected chi connectivity index (χ3v) is 4.85. The molecule has 0 aliphatic rings. The number of ether oxygens (including phenoxy) is 2. The number of anilines is 1. The van der Waals surface area contributed by atoms with Crippen molar-refractivity contribution in [3.05, 3.63) is 53.3 Å². The lowest BCUT2D eigenvalue weighted by molar-refractivity contribution is 0.0555. The van der Waals surface area contributed by atoms with Gasteiger partial charge in [0.15, 0.2) is 11.6 Å². The number of benzene rings is 2. The summed E-state index contributed by atoms with van der Waals surface area (Å²) in [7, 11) is 1.33. The molecule has 0 unspecified atom stereocenters. The number of nitrogen functional groups attached to an aromatic ring is 1. The van der Waals surface area contributed by atoms with E-state index in [0.29, 0.717) is 4.68 Å². The highest BCUT2D eigenvalue weighted by atomic mass is 35.5. The maximum atomic E-state index is 14.8. The van der Waals surface area contributed by atoms with Crippen LogP contribution in [0.4, 0.5) is 23.4 Å². The molecule has 0 saturated heterocycles. The number of aromatic nitrogens is 5. The van der Waals surface area contributed by atoms with Gasteiger partial charge < -0.3 is 15.2 Å². The van der Waals surface area contributed by atoms with Crippen molar-refractivity contribution < 1.29 is 27.0 Å². The molecule has 13 heteroatoms. The highest BCUT2D eigenvalue weighted by Crippen LogP contribution is 2.44. The summed E-state index contributed by atoms with van der Waals surface area (Å²) in [6.07, 6.45) is 2.02. The average molecular weight is 469 g/mol. The number of hydrogen-bond donors (Lipinski definition) is 1. The lowest BCUT2D eigenvalue weighted by Gasteiger charge is -2.17. The Hall–Kier alpha value is -3.67. The second-order valence-electron chi connectivity index (χ2n) is 6.36. The predicted molar refractivity (Wildman–Crippen MR) is 106 cm³/mol. The molecule has 0 fully saturated rings. The summed E-state index contributed by atoms with van der Waals surface area (Å²) in [6, 6.07) is 3.58. The molecule has 2 aromatic heterocycles. The van der Waals surface area contributed by atoms with Crippen LogP contribution in [0.3, 0.4) is 0 Å². The van der Waals surface area contributed by atoms with Crippen LogP contribution in [0.1, 0.15) is 12.4 Å². The van der Waals surface area contributed by atoms with Gasteiger partial charge in [-0.05, 0) is 12.1 Å². The molecule has 0 amide bonds. The smallest absolute Gasteiger partial charge is 0.334 e. The molecule has 32 heavy (non-hydrogen) atoms. The SMILES string of the molecule is COc1cc(OCc2ncn(C(F)F)n2)c2c(N)ncnc2c1-c1ccc(F)c(Cl)c1F. The third kappa shape index (κ3) is 3.73. The van der Waals surface area contributed by atoms with Gasteiger partial charge in [0.2, 0.25) is 0 Å². The molecule has 4 aromatic rings. The Labute approximate surface area is 182 Å². The predicted octanol–water partition coefficient (Wildman–Crippen LogP) is 4.38. The molecule has 0 radical (unpaired) electrons. The van der Waals surface area contributed by atoms with E-state index >= 15 is 0 Å². The number of rotatable bonds is 6. The number of halogens is 5. The van der Waals surface area contributed by atoms with E-state index in [1.165, 1.54) is 19.2 Å². The highest BCUT2D eigenvalue weighted by Gasteiger charge is 2.24. The summed E-state index contributed by atoms with van der Waals surface area (Å²) < 4.78 is 65.3. The van der Waals surface area contributed by atoms with Gasteiger partial charge in [-0.15, -0.1) is 5.10 Å². The lowest BCUT2D eigenvalue weighted by atomic mass is 9.99. The van der Waals surface area contributed by atoms with Crippen molar-refractivity contribution in [1.82, 2.24) is 24.7 Å². The fourth-order valence-electron chi connectivity index (χ4n) is 3.08. The first-order valence-electron chi connectivity index (χ1n) is 8.87. The molecular formula is C19H13ClF4N6O2. The molecule has 0 saturated carbocycles. The Kier molecular flexibility index (Phi) is 5.70. The molecular weight excluding hydrogens is 456 g/mol. The molecule has 166 valence electrons. The van der Waals surface area contributed by atoms with Crippen molar-refractivity contribution >= 4 is 28.3 Å². The molecule has 8 nitrogen and oxygen atoms in total. The highest BCUT2D eigenvalue weighted by molar-refractivity contribution is 6.31. The maximum absolute atomic E-state index is 14.8. The van der Waals surface area contributed by atoms with Crippen LogP contribution in [0.5, 0.6) is 11.5 Å². The van der Waals surface area contributed by atoms with Crippen LogP contribution < -0.4 is 15.2 Å². The van der Waals surface area contributed by atoms with E-state index in [2.05, 4.69) is 20.1 Å². The molecule has 0 spiro atoms. The normalized spacial score (nSPS) is 11.3. The summed E-state index contributed by atoms with van der Waals surface area (Å²) in [5.41, 5.74) is 6.21. The van der Waals surface area contributed by atoms with E-state index in [9.17, 15) is 17.6 Å². The van der Waals surface area contributed by atoms with Crippen LogP contribution in [-0.2, 0) is 6.61 Å². The molecule has 0 bridgehead atoms. The number of nitrogens with two attached hydrogens (primary N) is 1. The second-order valence-corrected chi connectivity index (χ2v) is 6.74. The van der Waals surface area contributed by atoms with Gasteiger partial charge in [0.1, 0.15) is 47.4 Å². The minimum Gasteiger partial charge on any atom is -0.496 e. The standard InChI is InChI=1S/C19H13ClF4N6O2/c1-31-10-4-11(32-5-12-28-7-30(29-12)19(23)24)14-17(26-6-27-18(14)25)13(10)8-2-3-9(21)15(20)16(8)22/h2-4,6-7,19H,5H2,1H3,(H2,25,26,27). The van der Waals surface area contributed by atoms with Gasteiger partial charge in [-0.25, -0.2) is 23.7 Å². The van der Waals surface area contributed by atoms with E-state index in [4.69, 9.17) is 26.8 Å². The minimum atomic E-state index is -2.85. The van der Waals surface area contributed by atoms with Crippen LogP contribution in [0.25, 0.3) is 22.0 Å². The molecule has 0 atom stereocenters. The Bertz CT molecular complexity index is 1320. The first-order valence-corrected chi connectivity index (χ1v) is 9.25. The fraction of sp³-hybridized carbons (Fsp3) is 0.158. The van der Waals surface area contributed by atoms with E-state index in [1.807, 2.05) is 0 Å². The van der Waals surface area contributed by atoms with Crippen molar-refractivity contribution in [3.63, 3.8) is 0 Å². The van der Waals surface area contributed by atoms with E-state index in [1.54, 1.807) is 0 Å². The van der Waals surface area contributed by atoms with E-state index in [-0.39, 0.29) is 51.8 Å².